The molecule has 20 nitrogen and oxygen atoms in total. The maximum absolute atomic E-state index is 14.0. The minimum Gasteiger partial charge on any atom is -0.619 e. The molecular formula is C77H82Cl4N6O14S2. The second kappa shape index (κ2) is 34.0. The summed E-state index contributed by atoms with van der Waals surface area (Å²) in [5, 5.41) is 49.3. The van der Waals surface area contributed by atoms with Crippen LogP contribution in [0.25, 0.3) is 0 Å². The van der Waals surface area contributed by atoms with E-state index < -0.39 is 35.9 Å². The van der Waals surface area contributed by atoms with Gasteiger partial charge in [0.25, 0.3) is 0 Å². The minimum atomic E-state index is -1.09. The van der Waals surface area contributed by atoms with Gasteiger partial charge in [0.1, 0.15) is 54.1 Å². The molecule has 4 aromatic carbocycles. The molecule has 544 valence electrons. The molecule has 10 heterocycles. The number of nitrogens with one attached hydrogen (secondary N) is 1. The summed E-state index contributed by atoms with van der Waals surface area (Å²) in [6, 6.07) is 32.3. The zero-order valence-corrected chi connectivity index (χ0v) is 62.1. The molecule has 6 aliphatic heterocycles. The SMILES string of the molecule is COc1ccc(C(Cc2c(Cl)c[n+]([O-])cc2Cl)c2cc(CNC(C(=O)O[C@H]3CN4CCC3CC4)c3ccccc3)sc2C(=O)O)cc1OC1CCCC1.COc1ccc([C@H](Cc2c(Cl)c[n+]([O-])cc2Cl)c2cc(CN(C)C(C(=O)O[C@H]3CN4CCC3CC4)c3ccccc3)sc2C(=O)O)cc1OC. The van der Waals surface area contributed by atoms with Crippen LogP contribution in [0.1, 0.15) is 149 Å². The smallest absolute Gasteiger partial charge is 0.346 e. The fourth-order valence-corrected chi connectivity index (χ4v) is 18.4. The van der Waals surface area contributed by atoms with Crippen molar-refractivity contribution < 1.29 is 67.3 Å². The Balaban J connectivity index is 0.000000194. The molecule has 4 bridgehead atoms. The van der Waals surface area contributed by atoms with Crippen LogP contribution in [0.4, 0.5) is 0 Å². The lowest BCUT2D eigenvalue weighted by atomic mass is 9.85. The predicted molar refractivity (Wildman–Crippen MR) is 395 cm³/mol. The van der Waals surface area contributed by atoms with E-state index >= 15 is 0 Å². The number of ether oxygens (including phenoxy) is 6. The molecule has 3 unspecified atom stereocenters. The fraction of sp³-hybridized carbons (Fsp3) is 0.403. The Hall–Kier alpha value is -7.74. The van der Waals surface area contributed by atoms with Crippen molar-refractivity contribution in [3.63, 3.8) is 0 Å². The van der Waals surface area contributed by atoms with Crippen molar-refractivity contribution >= 4 is 93.0 Å². The number of carboxylic acids is 2. The fourth-order valence-electron chi connectivity index (χ4n) is 15.1. The number of fused-ring (bicyclic) bond motifs is 6. The highest BCUT2D eigenvalue weighted by Gasteiger charge is 2.41. The quantitative estimate of drug-likeness (QED) is 0.0246. The first-order valence-electron chi connectivity index (χ1n) is 34.5. The summed E-state index contributed by atoms with van der Waals surface area (Å²) in [6.07, 6.45) is 13.3. The number of rotatable bonds is 27. The number of pyridine rings is 2. The van der Waals surface area contributed by atoms with Gasteiger partial charge in [0.05, 0.1) is 27.4 Å². The second-order valence-electron chi connectivity index (χ2n) is 26.9. The van der Waals surface area contributed by atoms with Crippen LogP contribution in [-0.4, -0.2) is 135 Å². The van der Waals surface area contributed by atoms with Crippen molar-refractivity contribution in [2.45, 2.75) is 120 Å². The van der Waals surface area contributed by atoms with Crippen LogP contribution in [-0.2, 0) is 45.0 Å². The van der Waals surface area contributed by atoms with Crippen LogP contribution in [0.3, 0.4) is 0 Å². The van der Waals surface area contributed by atoms with E-state index in [1.807, 2.05) is 109 Å². The third kappa shape index (κ3) is 17.8. The number of carbonyl (C=O) groups is 4. The van der Waals surface area contributed by atoms with E-state index in [1.54, 1.807) is 19.2 Å². The van der Waals surface area contributed by atoms with Crippen LogP contribution in [0.15, 0.2) is 134 Å². The Labute approximate surface area is 626 Å². The molecule has 1 saturated carbocycles. The maximum atomic E-state index is 14.0. The topological polar surface area (TPSA) is 240 Å². The molecular weight excluding hydrogens is 1440 g/mol. The van der Waals surface area contributed by atoms with Gasteiger partial charge in [-0.15, -0.1) is 22.7 Å². The Bertz CT molecular complexity index is 4270. The number of nitrogens with zero attached hydrogens (tertiary/aromatic N) is 5. The monoisotopic (exact) mass is 1520 g/mol. The normalized spacial score (nSPS) is 20.3. The lowest BCUT2D eigenvalue weighted by Gasteiger charge is -2.44. The molecule has 0 amide bonds. The molecule has 1 aliphatic carbocycles. The van der Waals surface area contributed by atoms with Crippen molar-refractivity contribution in [3.05, 3.63) is 229 Å². The van der Waals surface area contributed by atoms with Crippen molar-refractivity contribution in [2.24, 2.45) is 11.8 Å². The Morgan fingerprint density at radius 1 is 0.563 bits per heavy atom. The number of hydrogen-bond donors (Lipinski definition) is 3. The summed E-state index contributed by atoms with van der Waals surface area (Å²) in [4.78, 5) is 61.9. The van der Waals surface area contributed by atoms with Crippen molar-refractivity contribution in [2.75, 3.05) is 67.6 Å². The van der Waals surface area contributed by atoms with Gasteiger partial charge < -0.3 is 49.0 Å². The number of aromatic nitrogens is 2. The van der Waals surface area contributed by atoms with Gasteiger partial charge in [-0.1, -0.05) is 119 Å². The lowest BCUT2D eigenvalue weighted by Crippen LogP contribution is -2.52. The zero-order valence-electron chi connectivity index (χ0n) is 57.5. The highest BCUT2D eigenvalue weighted by molar-refractivity contribution is 7.14. The molecule has 7 fully saturated rings. The van der Waals surface area contributed by atoms with E-state index in [9.17, 15) is 39.8 Å². The van der Waals surface area contributed by atoms with E-state index in [0.717, 1.165) is 145 Å². The van der Waals surface area contributed by atoms with Crippen LogP contribution >= 0.6 is 69.1 Å². The third-order valence-electron chi connectivity index (χ3n) is 20.5. The number of carboxylic acid groups (broad SMARTS) is 2. The van der Waals surface area contributed by atoms with Gasteiger partial charge in [0, 0.05) is 58.9 Å². The van der Waals surface area contributed by atoms with Gasteiger partial charge >= 0.3 is 23.9 Å². The highest BCUT2D eigenvalue weighted by atomic mass is 35.5. The van der Waals surface area contributed by atoms with E-state index in [4.69, 9.17) is 74.8 Å². The number of carbonyl (C=O) groups excluding carboxylic acids is 2. The lowest BCUT2D eigenvalue weighted by molar-refractivity contribution is -0.605. The van der Waals surface area contributed by atoms with Gasteiger partial charge in [-0.3, -0.25) is 20.0 Å². The largest absolute Gasteiger partial charge is 0.619 e. The number of benzene rings is 4. The summed E-state index contributed by atoms with van der Waals surface area (Å²) in [5.41, 5.74) is 5.17. The van der Waals surface area contributed by atoms with Gasteiger partial charge in [0.2, 0.25) is 0 Å². The highest BCUT2D eigenvalue weighted by Crippen LogP contribution is 2.45. The van der Waals surface area contributed by atoms with Crippen molar-refractivity contribution in [1.82, 2.24) is 20.0 Å². The van der Waals surface area contributed by atoms with Crippen LogP contribution in [0.5, 0.6) is 23.0 Å². The average Bonchev–Trinajstić information content (AvgIpc) is 0.885. The molecule has 7 aliphatic rings. The first-order valence-corrected chi connectivity index (χ1v) is 37.7. The number of aromatic carboxylic acids is 2. The van der Waals surface area contributed by atoms with Gasteiger partial charge in [-0.05, 0) is 179 Å². The Morgan fingerprint density at radius 3 is 1.46 bits per heavy atom. The molecule has 0 radical (unpaired) electrons. The van der Waals surface area contributed by atoms with Crippen molar-refractivity contribution in [3.8, 4) is 23.0 Å². The maximum Gasteiger partial charge on any atom is 0.346 e. The van der Waals surface area contributed by atoms with Crippen LogP contribution < -0.4 is 33.7 Å². The third-order valence-corrected chi connectivity index (χ3v) is 24.0. The van der Waals surface area contributed by atoms with Gasteiger partial charge in [-0.25, -0.2) is 19.2 Å². The standard InChI is InChI=1S/C40H43Cl2N3O7S.C37H39Cl2N3O7S/c1-50-34-12-11-26(17-35(34)51-27-9-5-6-10-27)29(19-31-32(41)21-45(49)22-33(31)42)30-18-28(53-38(30)39(46)47)20-43-37(25-7-3-2-4-8-25)40(48)52-36-23-44-15-13-24(36)14-16-44;1-40(34(23-7-5-4-6-8-23)37(45)49-33-21-41-13-11-22(33)12-14-41)18-25-16-27(35(50-25)36(43)44)26(17-28-29(38)19-42(46)20-30(28)39)24-9-10-31(47-2)32(15-24)48-3/h2-4,7-8,11-12,17-18,21-22,24,27,29,36-37,43H,5-6,9-10,13-16,19-20,23H2,1H3,(H,46,47);4-10,15-16,19-20,22,26,33-34H,11-14,17-18,21H2,1-3H3,(H,43,44)/t29?,36-,37?;26-,33-,34?/m00/s1. The van der Waals surface area contributed by atoms with E-state index in [2.05, 4.69) is 15.1 Å². The summed E-state index contributed by atoms with van der Waals surface area (Å²) < 4.78 is 36.6. The number of piperidine rings is 6. The summed E-state index contributed by atoms with van der Waals surface area (Å²) >= 11 is 28.6. The number of hydrogen-bond acceptors (Lipinski definition) is 18. The second-order valence-corrected chi connectivity index (χ2v) is 30.8. The zero-order chi connectivity index (χ0) is 72.6. The number of halogens is 4. The van der Waals surface area contributed by atoms with Gasteiger partial charge in [0.15, 0.2) is 47.8 Å². The van der Waals surface area contributed by atoms with Crippen molar-refractivity contribution in [1.29, 1.82) is 0 Å². The molecule has 8 aromatic rings. The molecule has 6 atom stereocenters. The van der Waals surface area contributed by atoms with Gasteiger partial charge in [-0.2, -0.15) is 9.46 Å². The molecule has 0 spiro atoms. The Kier molecular flexibility index (Phi) is 24.8. The molecule has 4 aromatic heterocycles. The summed E-state index contributed by atoms with van der Waals surface area (Å²) in [7, 11) is 6.51. The van der Waals surface area contributed by atoms with E-state index in [-0.39, 0.29) is 86.0 Å². The first-order chi connectivity index (χ1) is 49.7. The summed E-state index contributed by atoms with van der Waals surface area (Å²) in [6.45, 7) is 6.16. The molecule has 26 heteroatoms. The average molecular weight is 1520 g/mol. The number of thiophene rings is 2. The minimum absolute atomic E-state index is 0.0616. The van der Waals surface area contributed by atoms with E-state index in [0.29, 0.717) is 66.5 Å². The Morgan fingerprint density at radius 2 is 1.00 bits per heavy atom. The summed E-state index contributed by atoms with van der Waals surface area (Å²) in [5.74, 6) is -1.08. The first kappa shape index (κ1) is 75.0. The number of likely N-dealkylation sites (N-methyl/N-ethyl adjacent to an activating group) is 1. The van der Waals surface area contributed by atoms with E-state index in [1.165, 1.54) is 39.0 Å². The predicted octanol–water partition coefficient (Wildman–Crippen LogP) is 14.1. The van der Waals surface area contributed by atoms with Crippen LogP contribution in [0.2, 0.25) is 20.1 Å². The number of methoxy groups -OCH3 is 3. The molecule has 15 rings (SSSR count). The molecule has 3 N–H and O–H groups in total. The van der Waals surface area contributed by atoms with Crippen LogP contribution in [0, 0.1) is 22.3 Å². The molecule has 6 saturated heterocycles. The molecule has 103 heavy (non-hydrogen) atoms. The number of esters is 2.